The van der Waals surface area contributed by atoms with Crippen LogP contribution in [0.25, 0.3) is 0 Å². The molecule has 0 spiro atoms. The molecular formula is C49H44BClF24O2P3Re-. The van der Waals surface area contributed by atoms with Crippen molar-refractivity contribution in [3.8, 4) is 0 Å². The first-order chi connectivity index (χ1) is 35.9. The largest absolute Gasteiger partial charge is 0 e. The molecule has 0 amide bonds. The third kappa shape index (κ3) is 27.2. The van der Waals surface area contributed by atoms with Gasteiger partial charge in [0.1, 0.15) is 6.15 Å². The van der Waals surface area contributed by atoms with Gasteiger partial charge in [-0.2, -0.15) is 127 Å². The molecule has 0 saturated carbocycles. The molecule has 32 heteroatoms. The fourth-order valence-electron chi connectivity index (χ4n) is 6.49. The summed E-state index contributed by atoms with van der Waals surface area (Å²) in [6, 6.07) is 0.634. The second-order valence-corrected chi connectivity index (χ2v) is 26.0. The Hall–Kier alpha value is -3.79. The summed E-state index contributed by atoms with van der Waals surface area (Å²) in [6.07, 6.45) is -54.8. The number of rotatable bonds is 4. The van der Waals surface area contributed by atoms with E-state index in [1.54, 1.807) is 0 Å². The Labute approximate surface area is 472 Å². The molecule has 0 fully saturated rings. The van der Waals surface area contributed by atoms with Gasteiger partial charge in [-0.05, 0) is 96.4 Å². The SMILES string of the molecule is CP(C)C.CP(C)C.CP(C)C.Clc1ccccc1.FC(F)(F)c1cc([B-](c2cc(C(F)(F)F)cc(C(F)(F)F)c2)(c2cc(C(F)(F)F)cc(C(F)(F)F)c2)c2cc(C(F)(F)F)cc(C(F)(F)F)c2)cc(C(F)(F)F)c1.[C-]#[O+].[C-]#[O+].[Re]. The summed E-state index contributed by atoms with van der Waals surface area (Å²) in [7, 11) is 1.14. The van der Waals surface area contributed by atoms with Crippen molar-refractivity contribution in [2.75, 3.05) is 60.0 Å². The Morgan fingerprint density at radius 1 is 0.296 bits per heavy atom. The standard InChI is InChI=1S/C32H12BF24.C6H5Cl.3C3H9P.2CO.Re/c34-25(35,36)13-1-14(26(37,38)39)6-21(5-13)33(22-7-15(27(40,41)42)2-16(8-22)28(43,44)45,23-9-17(29(46,47)48)3-18(10-23)30(49,50)51)24-11-19(31(52,53)54)4-20(12-24)32(55,56)57;7-6-4-2-1-3-5-6;3*1-4(2)3;2*1-2;/h1-12H;1-5H;3*1-3H3;;;/q-1;;;;;;;. The average Bonchev–Trinajstić information content (AvgIpc) is 3.28. The van der Waals surface area contributed by atoms with Crippen molar-refractivity contribution >= 4 is 63.4 Å². The van der Waals surface area contributed by atoms with Crippen LogP contribution in [0.4, 0.5) is 105 Å². The summed E-state index contributed by atoms with van der Waals surface area (Å²) in [4.78, 5) is 0. The molecule has 0 aliphatic rings. The van der Waals surface area contributed by atoms with E-state index in [4.69, 9.17) is 20.9 Å². The minimum atomic E-state index is -6.13. The van der Waals surface area contributed by atoms with Crippen LogP contribution in [0, 0.1) is 13.3 Å². The molecule has 0 aromatic heterocycles. The predicted molar refractivity (Wildman–Crippen MR) is 263 cm³/mol. The number of hydrogen-bond donors (Lipinski definition) is 0. The molecule has 0 aliphatic carbocycles. The summed E-state index contributed by atoms with van der Waals surface area (Å²) < 4.78 is 356. The van der Waals surface area contributed by atoms with E-state index < -0.39 is 195 Å². The van der Waals surface area contributed by atoms with Crippen LogP contribution in [-0.2, 0) is 79.1 Å². The Morgan fingerprint density at radius 2 is 0.420 bits per heavy atom. The minimum absolute atomic E-state index is 0. The first kappa shape index (κ1) is 81.4. The van der Waals surface area contributed by atoms with Gasteiger partial charge in [0.15, 0.2) is 0 Å². The van der Waals surface area contributed by atoms with E-state index in [1.165, 1.54) is 0 Å². The summed E-state index contributed by atoms with van der Waals surface area (Å²) in [6.45, 7) is 29.1. The van der Waals surface area contributed by atoms with E-state index in [2.05, 4.69) is 73.3 Å². The molecular weight excluding hydrogens is 1400 g/mol. The molecule has 0 unspecified atom stereocenters. The fourth-order valence-corrected chi connectivity index (χ4v) is 6.63. The van der Waals surface area contributed by atoms with Crippen LogP contribution in [0.3, 0.4) is 0 Å². The van der Waals surface area contributed by atoms with E-state index in [0.717, 1.165) is 5.02 Å². The zero-order valence-electron chi connectivity index (χ0n) is 42.9. The van der Waals surface area contributed by atoms with Crippen molar-refractivity contribution in [1.82, 2.24) is 0 Å². The Kier molecular flexibility index (Phi) is 32.6. The maximum Gasteiger partial charge on any atom is 0 e. The van der Waals surface area contributed by atoms with Crippen LogP contribution in [0.5, 0.6) is 0 Å². The van der Waals surface area contributed by atoms with Crippen molar-refractivity contribution in [2.24, 2.45) is 0 Å². The van der Waals surface area contributed by atoms with E-state index >= 15 is 0 Å². The van der Waals surface area contributed by atoms with Gasteiger partial charge in [0.25, 0.3) is 0 Å². The third-order valence-corrected chi connectivity index (χ3v) is 9.43. The number of benzene rings is 5. The predicted octanol–water partition coefficient (Wildman–Crippen LogP) is 17.5. The topological polar surface area (TPSA) is 39.8 Å². The molecule has 5 aromatic carbocycles. The molecule has 453 valence electrons. The van der Waals surface area contributed by atoms with Crippen LogP contribution < -0.4 is 21.9 Å². The zero-order chi connectivity index (χ0) is 63.8. The molecule has 0 bridgehead atoms. The van der Waals surface area contributed by atoms with Crippen LogP contribution in [0.15, 0.2) is 103 Å². The average molecular weight is 1450 g/mol. The van der Waals surface area contributed by atoms with Gasteiger partial charge in [-0.15, -0.1) is 23.8 Å². The Balaban J connectivity index is -0.00000213. The third-order valence-electron chi connectivity index (χ3n) is 9.17. The van der Waals surface area contributed by atoms with E-state index in [9.17, 15) is 105 Å². The minimum Gasteiger partial charge on any atom is 0 e. The zero-order valence-corrected chi connectivity index (χ0v) is 49.0. The molecule has 1 radical (unpaired) electrons. The second-order valence-electron chi connectivity index (χ2n) is 17.5. The van der Waals surface area contributed by atoms with Crippen molar-refractivity contribution < 1.29 is 135 Å². The normalized spacial score (nSPS) is 12.2. The van der Waals surface area contributed by atoms with E-state index in [-0.39, 0.29) is 20.4 Å². The molecule has 81 heavy (non-hydrogen) atoms. The van der Waals surface area contributed by atoms with Gasteiger partial charge in [-0.25, -0.2) is 0 Å². The van der Waals surface area contributed by atoms with E-state index in [1.807, 2.05) is 30.3 Å². The van der Waals surface area contributed by atoms with Crippen LogP contribution in [0.2, 0.25) is 5.02 Å². The van der Waals surface area contributed by atoms with Gasteiger partial charge in [-0.1, -0.05) is 78.3 Å². The number of halogens is 25. The van der Waals surface area contributed by atoms with Crippen LogP contribution in [-0.4, -0.2) is 66.1 Å². The Bertz CT molecular complexity index is 2280. The molecule has 0 N–H and O–H groups in total. The molecule has 0 aliphatic heterocycles. The monoisotopic (exact) mass is 1450 g/mol. The molecule has 0 atom stereocenters. The first-order valence-electron chi connectivity index (χ1n) is 21.2. The summed E-state index contributed by atoms with van der Waals surface area (Å²) >= 11 is 5.54. The molecule has 5 rings (SSSR count). The first-order valence-corrected chi connectivity index (χ1v) is 29.6. The van der Waals surface area contributed by atoms with Crippen LogP contribution in [0.1, 0.15) is 44.5 Å². The summed E-state index contributed by atoms with van der Waals surface area (Å²) in [5, 5.41) is 0.794. The number of hydrogen-bond acceptors (Lipinski definition) is 0. The maximum absolute atomic E-state index is 14.2. The molecule has 5 aromatic rings. The maximum atomic E-state index is 14.2. The smallest absolute Gasteiger partial charge is 0 e. The quantitative estimate of drug-likeness (QED) is 0.0566. The van der Waals surface area contributed by atoms with Gasteiger partial charge in [0, 0.05) is 25.4 Å². The summed E-state index contributed by atoms with van der Waals surface area (Å²) in [5.41, 5.74) is -30.2. The van der Waals surface area contributed by atoms with E-state index in [0.29, 0.717) is 23.8 Å². The van der Waals surface area contributed by atoms with Crippen molar-refractivity contribution in [2.45, 2.75) is 49.4 Å². The number of alkyl halides is 24. The van der Waals surface area contributed by atoms with Gasteiger partial charge < -0.3 is 0 Å². The Morgan fingerprint density at radius 3 is 0.506 bits per heavy atom. The van der Waals surface area contributed by atoms with Gasteiger partial charge in [0.05, 0.1) is 44.5 Å². The van der Waals surface area contributed by atoms with Crippen LogP contribution >= 0.6 is 35.4 Å². The molecule has 0 heterocycles. The second kappa shape index (κ2) is 32.5. The fraction of sp³-hybridized carbons (Fsp3) is 0.347. The van der Waals surface area contributed by atoms with Gasteiger partial charge in [0.2, 0.25) is 0 Å². The molecule has 2 nitrogen and oxygen atoms in total. The van der Waals surface area contributed by atoms with Crippen molar-refractivity contribution in [1.29, 1.82) is 0 Å². The molecule has 0 saturated heterocycles. The van der Waals surface area contributed by atoms with Gasteiger partial charge in [-0.3, -0.25) is 0 Å². The van der Waals surface area contributed by atoms with Crippen molar-refractivity contribution in [3.63, 3.8) is 0 Å². The van der Waals surface area contributed by atoms with Crippen molar-refractivity contribution in [3.05, 3.63) is 166 Å². The van der Waals surface area contributed by atoms with Gasteiger partial charge >= 0.3 is 72.0 Å². The summed E-state index contributed by atoms with van der Waals surface area (Å²) in [5.74, 6) is 0.